The van der Waals surface area contributed by atoms with Gasteiger partial charge in [-0.1, -0.05) is 30.3 Å². The van der Waals surface area contributed by atoms with Crippen LogP contribution in [0.25, 0.3) is 0 Å². The summed E-state index contributed by atoms with van der Waals surface area (Å²) in [4.78, 5) is 9.36. The zero-order valence-electron chi connectivity index (χ0n) is 14.2. The smallest absolute Gasteiger partial charge is 0.188 e. The van der Waals surface area contributed by atoms with Crippen LogP contribution in [0.5, 0.6) is 0 Å². The minimum absolute atomic E-state index is 0. The van der Waals surface area contributed by atoms with Crippen LogP contribution in [0.2, 0.25) is 0 Å². The highest BCUT2D eigenvalue weighted by molar-refractivity contribution is 14.0. The lowest BCUT2D eigenvalue weighted by Gasteiger charge is -2.34. The van der Waals surface area contributed by atoms with Gasteiger partial charge in [0.15, 0.2) is 5.96 Å². The van der Waals surface area contributed by atoms with E-state index < -0.39 is 0 Å². The van der Waals surface area contributed by atoms with Crippen molar-refractivity contribution in [3.05, 3.63) is 35.9 Å². The maximum absolute atomic E-state index is 5.81. The molecular formula is C17H30IN5. The molecule has 6 heteroatoms. The van der Waals surface area contributed by atoms with E-state index in [2.05, 4.69) is 64.3 Å². The molecule has 3 N–H and O–H groups in total. The fourth-order valence-electron chi connectivity index (χ4n) is 2.67. The average molecular weight is 431 g/mol. The summed E-state index contributed by atoms with van der Waals surface area (Å²) in [5.41, 5.74) is 7.21. The summed E-state index contributed by atoms with van der Waals surface area (Å²) in [5, 5.41) is 3.12. The second-order valence-corrected chi connectivity index (χ2v) is 6.17. The van der Waals surface area contributed by atoms with E-state index in [4.69, 9.17) is 5.73 Å². The fourth-order valence-corrected chi connectivity index (χ4v) is 2.67. The number of benzene rings is 1. The molecule has 1 aliphatic rings. The predicted molar refractivity (Wildman–Crippen MR) is 108 cm³/mol. The lowest BCUT2D eigenvalue weighted by molar-refractivity contribution is 0.130. The van der Waals surface area contributed by atoms with Crippen molar-refractivity contribution in [3.8, 4) is 0 Å². The van der Waals surface area contributed by atoms with Gasteiger partial charge >= 0.3 is 0 Å². The van der Waals surface area contributed by atoms with Crippen LogP contribution in [0.3, 0.4) is 0 Å². The molecule has 0 amide bonds. The van der Waals surface area contributed by atoms with Gasteiger partial charge in [-0.3, -0.25) is 14.8 Å². The standard InChI is InChI=1S/C17H29N5.HI/c1-15(2)20-17(18)19-8-9-21-10-12-22(13-11-21)14-16-6-4-3-5-7-16;/h3-7,15H,8-14H2,1-2H3,(H3,18,19,20);1H. The molecule has 0 saturated carbocycles. The Morgan fingerprint density at radius 1 is 1.13 bits per heavy atom. The summed E-state index contributed by atoms with van der Waals surface area (Å²) < 4.78 is 0. The highest BCUT2D eigenvalue weighted by Gasteiger charge is 2.16. The van der Waals surface area contributed by atoms with Gasteiger partial charge in [-0.2, -0.15) is 0 Å². The molecule has 0 aromatic heterocycles. The number of guanidine groups is 1. The van der Waals surface area contributed by atoms with E-state index >= 15 is 0 Å². The van der Waals surface area contributed by atoms with E-state index in [0.717, 1.165) is 45.8 Å². The third-order valence-corrected chi connectivity index (χ3v) is 3.85. The second kappa shape index (κ2) is 10.8. The summed E-state index contributed by atoms with van der Waals surface area (Å²) in [6.45, 7) is 11.4. The van der Waals surface area contributed by atoms with Crippen molar-refractivity contribution in [1.82, 2.24) is 15.1 Å². The third kappa shape index (κ3) is 7.99. The Morgan fingerprint density at radius 3 is 2.35 bits per heavy atom. The average Bonchev–Trinajstić information content (AvgIpc) is 2.49. The summed E-state index contributed by atoms with van der Waals surface area (Å²) in [6, 6.07) is 11.0. The molecule has 23 heavy (non-hydrogen) atoms. The van der Waals surface area contributed by atoms with Gasteiger partial charge in [0, 0.05) is 45.3 Å². The second-order valence-electron chi connectivity index (χ2n) is 6.17. The Kier molecular flexibility index (Phi) is 9.50. The van der Waals surface area contributed by atoms with E-state index in [9.17, 15) is 0 Å². The first-order valence-corrected chi connectivity index (χ1v) is 8.18. The molecule has 0 atom stereocenters. The van der Waals surface area contributed by atoms with Gasteiger partial charge in [-0.05, 0) is 19.4 Å². The van der Waals surface area contributed by atoms with E-state index in [1.165, 1.54) is 5.56 Å². The number of aliphatic imine (C=N–C) groups is 1. The number of nitrogens with zero attached hydrogens (tertiary/aromatic N) is 3. The van der Waals surface area contributed by atoms with Crippen LogP contribution in [0.1, 0.15) is 19.4 Å². The highest BCUT2D eigenvalue weighted by atomic mass is 127. The summed E-state index contributed by atoms with van der Waals surface area (Å²) in [7, 11) is 0. The van der Waals surface area contributed by atoms with E-state index in [1.54, 1.807) is 0 Å². The normalized spacial score (nSPS) is 17.1. The summed E-state index contributed by atoms with van der Waals surface area (Å²) in [6.07, 6.45) is 0. The molecule has 2 rings (SSSR count). The SMILES string of the molecule is CC(C)NC(N)=NCCN1CCN(Cc2ccccc2)CC1.I. The molecule has 5 nitrogen and oxygen atoms in total. The number of nitrogens with two attached hydrogens (primary N) is 1. The topological polar surface area (TPSA) is 56.9 Å². The first-order chi connectivity index (χ1) is 10.6. The number of piperazine rings is 1. The van der Waals surface area contributed by atoms with Crippen LogP contribution in [-0.4, -0.2) is 61.1 Å². The molecular weight excluding hydrogens is 401 g/mol. The van der Waals surface area contributed by atoms with E-state index in [-0.39, 0.29) is 24.0 Å². The molecule has 0 spiro atoms. The Balaban J connectivity index is 0.00000264. The Morgan fingerprint density at radius 2 is 1.74 bits per heavy atom. The van der Waals surface area contributed by atoms with Crippen molar-refractivity contribution < 1.29 is 0 Å². The van der Waals surface area contributed by atoms with Crippen LogP contribution in [0, 0.1) is 0 Å². The van der Waals surface area contributed by atoms with Gasteiger partial charge in [-0.25, -0.2) is 0 Å². The van der Waals surface area contributed by atoms with Crippen LogP contribution in [-0.2, 0) is 6.54 Å². The van der Waals surface area contributed by atoms with Gasteiger partial charge < -0.3 is 11.1 Å². The van der Waals surface area contributed by atoms with Crippen molar-refractivity contribution >= 4 is 29.9 Å². The van der Waals surface area contributed by atoms with Crippen LogP contribution in [0.15, 0.2) is 35.3 Å². The zero-order valence-corrected chi connectivity index (χ0v) is 16.6. The summed E-state index contributed by atoms with van der Waals surface area (Å²) in [5.74, 6) is 0.553. The minimum atomic E-state index is 0. The maximum Gasteiger partial charge on any atom is 0.188 e. The van der Waals surface area contributed by atoms with Gasteiger partial charge in [0.1, 0.15) is 0 Å². The quantitative estimate of drug-likeness (QED) is 0.409. The van der Waals surface area contributed by atoms with Crippen molar-refractivity contribution in [2.24, 2.45) is 10.7 Å². The van der Waals surface area contributed by atoms with Crippen molar-refractivity contribution in [1.29, 1.82) is 0 Å². The lowest BCUT2D eigenvalue weighted by atomic mass is 10.2. The van der Waals surface area contributed by atoms with E-state index in [0.29, 0.717) is 12.0 Å². The Bertz CT molecular complexity index is 455. The molecule has 0 unspecified atom stereocenters. The van der Waals surface area contributed by atoms with Gasteiger partial charge in [0.2, 0.25) is 0 Å². The highest BCUT2D eigenvalue weighted by Crippen LogP contribution is 2.08. The van der Waals surface area contributed by atoms with Crippen LogP contribution < -0.4 is 11.1 Å². The molecule has 1 fully saturated rings. The van der Waals surface area contributed by atoms with Crippen LogP contribution >= 0.6 is 24.0 Å². The number of nitrogens with one attached hydrogen (secondary N) is 1. The molecule has 0 radical (unpaired) electrons. The van der Waals surface area contributed by atoms with Crippen molar-refractivity contribution in [2.45, 2.75) is 26.4 Å². The number of rotatable bonds is 6. The summed E-state index contributed by atoms with van der Waals surface area (Å²) >= 11 is 0. The Labute approximate surface area is 157 Å². The lowest BCUT2D eigenvalue weighted by Crippen LogP contribution is -2.46. The minimum Gasteiger partial charge on any atom is -0.370 e. The first kappa shape index (κ1) is 20.2. The first-order valence-electron chi connectivity index (χ1n) is 8.18. The number of hydrogen-bond acceptors (Lipinski definition) is 3. The van der Waals surface area contributed by atoms with Crippen LogP contribution in [0.4, 0.5) is 0 Å². The molecule has 1 aliphatic heterocycles. The van der Waals surface area contributed by atoms with Crippen molar-refractivity contribution in [2.75, 3.05) is 39.3 Å². The number of halogens is 1. The molecule has 130 valence electrons. The predicted octanol–water partition coefficient (Wildman–Crippen LogP) is 1.73. The molecule has 1 aromatic rings. The van der Waals surface area contributed by atoms with E-state index in [1.807, 2.05) is 0 Å². The molecule has 1 heterocycles. The van der Waals surface area contributed by atoms with Gasteiger partial charge in [0.25, 0.3) is 0 Å². The maximum atomic E-state index is 5.81. The monoisotopic (exact) mass is 431 g/mol. The third-order valence-electron chi connectivity index (χ3n) is 3.85. The number of hydrogen-bond donors (Lipinski definition) is 2. The fraction of sp³-hybridized carbons (Fsp3) is 0.588. The van der Waals surface area contributed by atoms with Gasteiger partial charge in [0.05, 0.1) is 6.54 Å². The molecule has 1 aromatic carbocycles. The van der Waals surface area contributed by atoms with Crippen molar-refractivity contribution in [3.63, 3.8) is 0 Å². The Hall–Kier alpha value is -0.860. The zero-order chi connectivity index (χ0) is 15.8. The largest absolute Gasteiger partial charge is 0.370 e. The molecule has 0 bridgehead atoms. The molecule has 0 aliphatic carbocycles. The van der Waals surface area contributed by atoms with Gasteiger partial charge in [-0.15, -0.1) is 24.0 Å². The molecule has 1 saturated heterocycles.